The highest BCUT2D eigenvalue weighted by atomic mass is 79.9. The maximum atomic E-state index is 5.21. The lowest BCUT2D eigenvalue weighted by Gasteiger charge is -2.17. The molecule has 0 radical (unpaired) electrons. The first-order valence-electron chi connectivity index (χ1n) is 5.38. The SMILES string of the molecule is COc1csc(C(Br)C(C)c2ccncc2)c1. The summed E-state index contributed by atoms with van der Waals surface area (Å²) in [4.78, 5) is 5.63. The van der Waals surface area contributed by atoms with E-state index in [0.29, 0.717) is 10.7 Å². The van der Waals surface area contributed by atoms with Crippen LogP contribution in [0.25, 0.3) is 0 Å². The second-order valence-corrected chi connectivity index (χ2v) is 5.79. The van der Waals surface area contributed by atoms with Gasteiger partial charge in [-0.25, -0.2) is 0 Å². The molecule has 0 saturated heterocycles. The van der Waals surface area contributed by atoms with Crippen molar-refractivity contribution in [1.82, 2.24) is 4.98 Å². The van der Waals surface area contributed by atoms with E-state index in [-0.39, 0.29) is 0 Å². The minimum absolute atomic E-state index is 0.304. The largest absolute Gasteiger partial charge is 0.496 e. The molecule has 0 saturated carbocycles. The summed E-state index contributed by atoms with van der Waals surface area (Å²) in [5.41, 5.74) is 1.29. The zero-order valence-electron chi connectivity index (χ0n) is 9.76. The van der Waals surface area contributed by atoms with Crippen molar-refractivity contribution in [3.8, 4) is 5.75 Å². The summed E-state index contributed by atoms with van der Waals surface area (Å²) in [7, 11) is 1.70. The van der Waals surface area contributed by atoms with Gasteiger partial charge in [-0.3, -0.25) is 4.98 Å². The molecule has 90 valence electrons. The lowest BCUT2D eigenvalue weighted by atomic mass is 9.98. The predicted octanol–water partition coefficient (Wildman–Crippen LogP) is 4.39. The lowest BCUT2D eigenvalue weighted by Crippen LogP contribution is -2.00. The summed E-state index contributed by atoms with van der Waals surface area (Å²) in [5.74, 6) is 1.33. The highest BCUT2D eigenvalue weighted by Crippen LogP contribution is 2.41. The van der Waals surface area contributed by atoms with Crippen molar-refractivity contribution in [2.45, 2.75) is 17.7 Å². The van der Waals surface area contributed by atoms with Gasteiger partial charge in [0.15, 0.2) is 0 Å². The molecule has 2 atom stereocenters. The molecule has 2 aromatic rings. The molecule has 0 aliphatic carbocycles. The van der Waals surface area contributed by atoms with Crippen LogP contribution in [0, 0.1) is 0 Å². The monoisotopic (exact) mass is 311 g/mol. The third kappa shape index (κ3) is 2.87. The Morgan fingerprint density at radius 2 is 2.06 bits per heavy atom. The number of hydrogen-bond acceptors (Lipinski definition) is 3. The van der Waals surface area contributed by atoms with Crippen LogP contribution in [0.3, 0.4) is 0 Å². The van der Waals surface area contributed by atoms with Gasteiger partial charge in [-0.2, -0.15) is 0 Å². The molecule has 2 heterocycles. The molecule has 0 N–H and O–H groups in total. The number of pyridine rings is 1. The molecule has 2 aromatic heterocycles. The van der Waals surface area contributed by atoms with Crippen LogP contribution in [-0.2, 0) is 0 Å². The molecule has 0 spiro atoms. The number of thiophene rings is 1. The van der Waals surface area contributed by atoms with Crippen LogP contribution in [0.1, 0.15) is 28.1 Å². The van der Waals surface area contributed by atoms with Crippen LogP contribution >= 0.6 is 27.3 Å². The summed E-state index contributed by atoms with van der Waals surface area (Å²) < 4.78 is 5.21. The second kappa shape index (κ2) is 5.65. The number of alkyl halides is 1. The van der Waals surface area contributed by atoms with Crippen molar-refractivity contribution in [3.63, 3.8) is 0 Å². The van der Waals surface area contributed by atoms with E-state index in [0.717, 1.165) is 5.75 Å². The molecular weight excluding hydrogens is 298 g/mol. The third-order valence-electron chi connectivity index (χ3n) is 2.77. The Hall–Kier alpha value is -0.870. The first kappa shape index (κ1) is 12.6. The van der Waals surface area contributed by atoms with Crippen molar-refractivity contribution in [3.05, 3.63) is 46.4 Å². The zero-order chi connectivity index (χ0) is 12.3. The van der Waals surface area contributed by atoms with Crippen LogP contribution in [0.15, 0.2) is 36.0 Å². The quantitative estimate of drug-likeness (QED) is 0.781. The van der Waals surface area contributed by atoms with E-state index in [1.165, 1.54) is 10.4 Å². The van der Waals surface area contributed by atoms with Gasteiger partial charge in [0.25, 0.3) is 0 Å². The van der Waals surface area contributed by atoms with E-state index in [1.54, 1.807) is 18.4 Å². The summed E-state index contributed by atoms with van der Waals surface area (Å²) in [5, 5.41) is 2.03. The molecule has 2 nitrogen and oxygen atoms in total. The first-order valence-corrected chi connectivity index (χ1v) is 7.18. The van der Waals surface area contributed by atoms with Gasteiger partial charge in [-0.15, -0.1) is 11.3 Å². The molecule has 0 bridgehead atoms. The van der Waals surface area contributed by atoms with Crippen LogP contribution in [0.4, 0.5) is 0 Å². The smallest absolute Gasteiger partial charge is 0.129 e. The van der Waals surface area contributed by atoms with Crippen molar-refractivity contribution in [1.29, 1.82) is 0 Å². The average molecular weight is 312 g/mol. The van der Waals surface area contributed by atoms with E-state index in [4.69, 9.17) is 4.74 Å². The maximum absolute atomic E-state index is 5.21. The average Bonchev–Trinajstić information content (AvgIpc) is 2.87. The van der Waals surface area contributed by atoms with Gasteiger partial charge in [0.2, 0.25) is 0 Å². The van der Waals surface area contributed by atoms with Gasteiger partial charge < -0.3 is 4.74 Å². The maximum Gasteiger partial charge on any atom is 0.129 e. The Morgan fingerprint density at radius 1 is 1.35 bits per heavy atom. The van der Waals surface area contributed by atoms with E-state index in [2.05, 4.69) is 46.0 Å². The minimum atomic E-state index is 0.304. The minimum Gasteiger partial charge on any atom is -0.496 e. The van der Waals surface area contributed by atoms with E-state index >= 15 is 0 Å². The molecule has 4 heteroatoms. The fraction of sp³-hybridized carbons (Fsp3) is 0.308. The molecule has 17 heavy (non-hydrogen) atoms. The fourth-order valence-corrected chi connectivity index (χ4v) is 3.36. The topological polar surface area (TPSA) is 22.1 Å². The molecule has 0 aliphatic rings. The van der Waals surface area contributed by atoms with Crippen molar-refractivity contribution < 1.29 is 4.74 Å². The van der Waals surface area contributed by atoms with Gasteiger partial charge in [0, 0.05) is 22.7 Å². The molecule has 0 fully saturated rings. The Kier molecular flexibility index (Phi) is 4.18. The number of aromatic nitrogens is 1. The third-order valence-corrected chi connectivity index (χ3v) is 5.36. The number of ether oxygens (including phenoxy) is 1. The van der Waals surface area contributed by atoms with E-state index in [1.807, 2.05) is 17.8 Å². The van der Waals surface area contributed by atoms with Crippen LogP contribution in [0.5, 0.6) is 5.75 Å². The summed E-state index contributed by atoms with van der Waals surface area (Å²) in [6.45, 7) is 2.21. The summed E-state index contributed by atoms with van der Waals surface area (Å²) in [6.07, 6.45) is 3.67. The highest BCUT2D eigenvalue weighted by molar-refractivity contribution is 9.09. The highest BCUT2D eigenvalue weighted by Gasteiger charge is 2.19. The van der Waals surface area contributed by atoms with Gasteiger partial charge in [-0.05, 0) is 29.7 Å². The predicted molar refractivity (Wildman–Crippen MR) is 75.2 cm³/mol. The molecule has 0 aliphatic heterocycles. The Bertz CT molecular complexity index is 471. The first-order chi connectivity index (χ1) is 8.22. The number of halogens is 1. The lowest BCUT2D eigenvalue weighted by molar-refractivity contribution is 0.416. The van der Waals surface area contributed by atoms with Crippen molar-refractivity contribution in [2.24, 2.45) is 0 Å². The van der Waals surface area contributed by atoms with Crippen LogP contribution < -0.4 is 4.74 Å². The fourth-order valence-electron chi connectivity index (χ4n) is 1.67. The summed E-state index contributed by atoms with van der Waals surface area (Å²) >= 11 is 5.48. The molecule has 2 rings (SSSR count). The number of nitrogens with zero attached hydrogens (tertiary/aromatic N) is 1. The number of methoxy groups -OCH3 is 1. The van der Waals surface area contributed by atoms with E-state index in [9.17, 15) is 0 Å². The van der Waals surface area contributed by atoms with E-state index < -0.39 is 0 Å². The molecule has 2 unspecified atom stereocenters. The van der Waals surface area contributed by atoms with Crippen molar-refractivity contribution in [2.75, 3.05) is 7.11 Å². The van der Waals surface area contributed by atoms with Gasteiger partial charge in [0.05, 0.1) is 11.9 Å². The van der Waals surface area contributed by atoms with Gasteiger partial charge in [-0.1, -0.05) is 22.9 Å². The Balaban J connectivity index is 2.17. The van der Waals surface area contributed by atoms with Gasteiger partial charge >= 0.3 is 0 Å². The summed E-state index contributed by atoms with van der Waals surface area (Å²) in [6, 6.07) is 6.20. The van der Waals surface area contributed by atoms with Crippen LogP contribution in [0.2, 0.25) is 0 Å². The number of rotatable bonds is 4. The Morgan fingerprint density at radius 3 is 2.65 bits per heavy atom. The second-order valence-electron chi connectivity index (χ2n) is 3.86. The van der Waals surface area contributed by atoms with Crippen LogP contribution in [-0.4, -0.2) is 12.1 Å². The molecule has 0 amide bonds. The zero-order valence-corrected chi connectivity index (χ0v) is 12.2. The van der Waals surface area contributed by atoms with Gasteiger partial charge in [0.1, 0.15) is 5.75 Å². The molecular formula is C13H14BrNOS. The Labute approximate surface area is 114 Å². The number of hydrogen-bond donors (Lipinski definition) is 0. The molecule has 0 aromatic carbocycles. The standard InChI is InChI=1S/C13H14BrNOS/c1-9(10-3-5-15-6-4-10)13(14)12-7-11(16-2)8-17-12/h3-9,13H,1-2H3. The normalized spacial score (nSPS) is 14.3. The van der Waals surface area contributed by atoms with Crippen molar-refractivity contribution >= 4 is 27.3 Å².